The molecule has 0 saturated carbocycles. The van der Waals surface area contributed by atoms with Crippen LogP contribution in [0.1, 0.15) is 42.9 Å². The van der Waals surface area contributed by atoms with Crippen LogP contribution < -0.4 is 0 Å². The Labute approximate surface area is 149 Å². The standard InChI is InChI=1S/C21H26FNS/c1-2-17-10-11-20(22)14-19(17)16-24-21-9-5-4-8-18(21)15-23-12-6-3-7-13-23/h4-5,8-11,14H,2-3,6-7,12-13,15-16H2,1H3. The highest BCUT2D eigenvalue weighted by Crippen LogP contribution is 2.29. The van der Waals surface area contributed by atoms with Crippen LogP contribution >= 0.6 is 11.8 Å². The Morgan fingerprint density at radius 1 is 0.958 bits per heavy atom. The number of aryl methyl sites for hydroxylation is 1. The van der Waals surface area contributed by atoms with Gasteiger partial charge in [0.2, 0.25) is 0 Å². The van der Waals surface area contributed by atoms with Crippen molar-refractivity contribution in [3.63, 3.8) is 0 Å². The van der Waals surface area contributed by atoms with E-state index in [1.165, 1.54) is 48.4 Å². The second-order valence-electron chi connectivity index (χ2n) is 6.50. The molecule has 3 heteroatoms. The molecule has 1 aliphatic rings. The molecule has 0 aromatic heterocycles. The predicted molar refractivity (Wildman–Crippen MR) is 101 cm³/mol. The highest BCUT2D eigenvalue weighted by molar-refractivity contribution is 7.98. The summed E-state index contributed by atoms with van der Waals surface area (Å²) < 4.78 is 13.6. The molecular weight excluding hydrogens is 317 g/mol. The number of likely N-dealkylation sites (tertiary alicyclic amines) is 1. The fraction of sp³-hybridized carbons (Fsp3) is 0.429. The van der Waals surface area contributed by atoms with E-state index in [1.54, 1.807) is 12.1 Å². The fourth-order valence-electron chi connectivity index (χ4n) is 3.36. The van der Waals surface area contributed by atoms with Crippen LogP contribution in [0, 0.1) is 5.82 Å². The van der Waals surface area contributed by atoms with Gasteiger partial charge >= 0.3 is 0 Å². The van der Waals surface area contributed by atoms with Crippen LogP contribution in [-0.2, 0) is 18.7 Å². The molecule has 2 aromatic rings. The van der Waals surface area contributed by atoms with Crippen LogP contribution in [0.15, 0.2) is 47.4 Å². The van der Waals surface area contributed by atoms with Gasteiger partial charge < -0.3 is 0 Å². The van der Waals surface area contributed by atoms with E-state index in [-0.39, 0.29) is 5.82 Å². The molecule has 1 fully saturated rings. The van der Waals surface area contributed by atoms with Gasteiger partial charge in [0, 0.05) is 17.2 Å². The number of hydrogen-bond donors (Lipinski definition) is 0. The summed E-state index contributed by atoms with van der Waals surface area (Å²) in [4.78, 5) is 3.89. The van der Waals surface area contributed by atoms with E-state index in [0.717, 1.165) is 24.3 Å². The summed E-state index contributed by atoms with van der Waals surface area (Å²) in [6, 6.07) is 13.9. The van der Waals surface area contributed by atoms with Gasteiger partial charge in [0.25, 0.3) is 0 Å². The van der Waals surface area contributed by atoms with E-state index < -0.39 is 0 Å². The minimum Gasteiger partial charge on any atom is -0.299 e. The number of hydrogen-bond acceptors (Lipinski definition) is 2. The van der Waals surface area contributed by atoms with Gasteiger partial charge in [-0.1, -0.05) is 37.6 Å². The summed E-state index contributed by atoms with van der Waals surface area (Å²) in [6.45, 7) is 5.59. The van der Waals surface area contributed by atoms with Gasteiger partial charge in [-0.2, -0.15) is 0 Å². The maximum Gasteiger partial charge on any atom is 0.123 e. The van der Waals surface area contributed by atoms with Gasteiger partial charge in [0.15, 0.2) is 0 Å². The second kappa shape index (κ2) is 8.68. The van der Waals surface area contributed by atoms with Crippen LogP contribution in [0.25, 0.3) is 0 Å². The van der Waals surface area contributed by atoms with Crippen LogP contribution in [0.5, 0.6) is 0 Å². The largest absolute Gasteiger partial charge is 0.299 e. The van der Waals surface area contributed by atoms with Crippen molar-refractivity contribution in [3.05, 3.63) is 65.0 Å². The molecule has 0 radical (unpaired) electrons. The molecule has 1 saturated heterocycles. The molecule has 3 rings (SSSR count). The van der Waals surface area contributed by atoms with Crippen LogP contribution in [0.2, 0.25) is 0 Å². The number of thioether (sulfide) groups is 1. The van der Waals surface area contributed by atoms with Gasteiger partial charge in [0.1, 0.15) is 5.82 Å². The first-order valence-electron chi connectivity index (χ1n) is 8.96. The molecule has 0 spiro atoms. The third-order valence-electron chi connectivity index (χ3n) is 4.75. The average molecular weight is 344 g/mol. The normalized spacial score (nSPS) is 15.6. The maximum absolute atomic E-state index is 13.6. The summed E-state index contributed by atoms with van der Waals surface area (Å²) in [5, 5.41) is 0. The van der Waals surface area contributed by atoms with Crippen molar-refractivity contribution in [1.29, 1.82) is 0 Å². The van der Waals surface area contributed by atoms with Crippen molar-refractivity contribution < 1.29 is 4.39 Å². The number of halogens is 1. The zero-order valence-electron chi connectivity index (χ0n) is 14.4. The van der Waals surface area contributed by atoms with Crippen molar-refractivity contribution in [2.75, 3.05) is 13.1 Å². The maximum atomic E-state index is 13.6. The van der Waals surface area contributed by atoms with E-state index >= 15 is 0 Å². The smallest absolute Gasteiger partial charge is 0.123 e. The molecule has 1 heterocycles. The summed E-state index contributed by atoms with van der Waals surface area (Å²) >= 11 is 1.83. The van der Waals surface area contributed by atoms with E-state index in [9.17, 15) is 4.39 Å². The van der Waals surface area contributed by atoms with Crippen molar-refractivity contribution in [2.45, 2.75) is 49.8 Å². The zero-order chi connectivity index (χ0) is 16.8. The highest BCUT2D eigenvalue weighted by Gasteiger charge is 2.13. The first kappa shape index (κ1) is 17.5. The summed E-state index contributed by atoms with van der Waals surface area (Å²) in [5.74, 6) is 0.696. The minimum absolute atomic E-state index is 0.135. The Kier molecular flexibility index (Phi) is 6.33. The summed E-state index contributed by atoms with van der Waals surface area (Å²) in [7, 11) is 0. The van der Waals surface area contributed by atoms with Crippen LogP contribution in [-0.4, -0.2) is 18.0 Å². The lowest BCUT2D eigenvalue weighted by Gasteiger charge is -2.27. The molecule has 24 heavy (non-hydrogen) atoms. The van der Waals surface area contributed by atoms with E-state index in [2.05, 4.69) is 36.1 Å². The van der Waals surface area contributed by atoms with Gasteiger partial charge in [-0.15, -0.1) is 11.8 Å². The Morgan fingerprint density at radius 2 is 1.75 bits per heavy atom. The molecule has 0 unspecified atom stereocenters. The number of rotatable bonds is 6. The number of piperidine rings is 1. The zero-order valence-corrected chi connectivity index (χ0v) is 15.2. The molecule has 0 atom stereocenters. The molecule has 0 N–H and O–H groups in total. The van der Waals surface area contributed by atoms with Crippen molar-refractivity contribution in [1.82, 2.24) is 4.90 Å². The predicted octanol–water partition coefficient (Wildman–Crippen LogP) is 5.67. The van der Waals surface area contributed by atoms with Crippen molar-refractivity contribution >= 4 is 11.8 Å². The lowest BCUT2D eigenvalue weighted by Crippen LogP contribution is -2.29. The number of benzene rings is 2. The Balaban J connectivity index is 1.70. The first-order valence-corrected chi connectivity index (χ1v) is 9.95. The quantitative estimate of drug-likeness (QED) is 0.622. The third kappa shape index (κ3) is 4.61. The van der Waals surface area contributed by atoms with Crippen LogP contribution in [0.4, 0.5) is 4.39 Å². The summed E-state index contributed by atoms with van der Waals surface area (Å²) in [5.41, 5.74) is 3.77. The molecule has 2 aromatic carbocycles. The molecule has 1 aliphatic heterocycles. The topological polar surface area (TPSA) is 3.24 Å². The van der Waals surface area contributed by atoms with Gasteiger partial charge in [0.05, 0.1) is 0 Å². The lowest BCUT2D eigenvalue weighted by atomic mass is 10.1. The van der Waals surface area contributed by atoms with Crippen molar-refractivity contribution in [3.8, 4) is 0 Å². The number of nitrogens with zero attached hydrogens (tertiary/aromatic N) is 1. The first-order chi connectivity index (χ1) is 11.8. The second-order valence-corrected chi connectivity index (χ2v) is 7.52. The van der Waals surface area contributed by atoms with Crippen LogP contribution in [0.3, 0.4) is 0 Å². The SMILES string of the molecule is CCc1ccc(F)cc1CSc1ccccc1CN1CCCCC1. The monoisotopic (exact) mass is 343 g/mol. The third-order valence-corrected chi connectivity index (χ3v) is 5.91. The van der Waals surface area contributed by atoms with Crippen molar-refractivity contribution in [2.24, 2.45) is 0 Å². The molecule has 1 nitrogen and oxygen atoms in total. The molecule has 128 valence electrons. The Bertz CT molecular complexity index is 665. The summed E-state index contributed by atoms with van der Waals surface area (Å²) in [6.07, 6.45) is 4.95. The fourth-order valence-corrected chi connectivity index (χ4v) is 4.44. The molecule has 0 bridgehead atoms. The highest BCUT2D eigenvalue weighted by atomic mass is 32.2. The minimum atomic E-state index is -0.135. The van der Waals surface area contributed by atoms with E-state index in [1.807, 2.05) is 17.8 Å². The van der Waals surface area contributed by atoms with Gasteiger partial charge in [-0.3, -0.25) is 4.90 Å². The lowest BCUT2D eigenvalue weighted by molar-refractivity contribution is 0.219. The van der Waals surface area contributed by atoms with Gasteiger partial charge in [-0.05, 0) is 67.2 Å². The van der Waals surface area contributed by atoms with E-state index in [0.29, 0.717) is 0 Å². The Morgan fingerprint density at radius 3 is 2.54 bits per heavy atom. The molecule has 0 aliphatic carbocycles. The Hall–Kier alpha value is -1.32. The molecular formula is C21H26FNS. The van der Waals surface area contributed by atoms with Gasteiger partial charge in [-0.25, -0.2) is 4.39 Å². The van der Waals surface area contributed by atoms with E-state index in [4.69, 9.17) is 0 Å². The molecule has 0 amide bonds. The average Bonchev–Trinajstić information content (AvgIpc) is 2.62.